The van der Waals surface area contributed by atoms with E-state index in [0.717, 1.165) is 96.3 Å². The van der Waals surface area contributed by atoms with Gasteiger partial charge in [-0.25, -0.2) is 0 Å². The molecule has 0 aromatic carbocycles. The van der Waals surface area contributed by atoms with Crippen LogP contribution in [0.1, 0.15) is 342 Å². The van der Waals surface area contributed by atoms with Gasteiger partial charge in [0.15, 0.2) is 6.10 Å². The van der Waals surface area contributed by atoms with Gasteiger partial charge in [0, 0.05) is 19.3 Å². The van der Waals surface area contributed by atoms with Crippen molar-refractivity contribution in [2.45, 2.75) is 348 Å². The second-order valence-corrected chi connectivity index (χ2v) is 22.4. The maximum absolute atomic E-state index is 12.9. The van der Waals surface area contributed by atoms with Gasteiger partial charge in [-0.2, -0.15) is 0 Å². The van der Waals surface area contributed by atoms with Crippen LogP contribution < -0.4 is 0 Å². The SMILES string of the molecule is CC/C=C\C/C=C\C/C=C\C/C=C\C/C=C\C/C=C\CCCCCCCCCCCCCCC(=O)OCC(COC(=O)CCCCCCCC)OC(=O)CCCCCCCCCCCCCCCCCCCCCCCC. The molecule has 0 aliphatic heterocycles. The van der Waals surface area contributed by atoms with Crippen molar-refractivity contribution in [3.8, 4) is 0 Å². The van der Waals surface area contributed by atoms with E-state index in [9.17, 15) is 14.4 Å². The van der Waals surface area contributed by atoms with Crippen molar-refractivity contribution in [3.63, 3.8) is 0 Å². The summed E-state index contributed by atoms with van der Waals surface area (Å²) in [5, 5.41) is 0. The van der Waals surface area contributed by atoms with Gasteiger partial charge in [0.05, 0.1) is 0 Å². The van der Waals surface area contributed by atoms with Gasteiger partial charge < -0.3 is 14.2 Å². The Bertz CT molecular complexity index is 1420. The van der Waals surface area contributed by atoms with Gasteiger partial charge in [0.1, 0.15) is 13.2 Å². The monoisotopic (exact) mass is 1070 g/mol. The van der Waals surface area contributed by atoms with Crippen LogP contribution in [-0.4, -0.2) is 37.2 Å². The first-order chi connectivity index (χ1) is 38.0. The highest BCUT2D eigenvalue weighted by Crippen LogP contribution is 2.18. The number of rotatable bonds is 61. The van der Waals surface area contributed by atoms with E-state index in [0.29, 0.717) is 19.3 Å². The van der Waals surface area contributed by atoms with Crippen LogP contribution in [0.15, 0.2) is 72.9 Å². The Morgan fingerprint density at radius 3 is 0.792 bits per heavy atom. The number of carbonyl (C=O) groups excluding carboxylic acids is 3. The van der Waals surface area contributed by atoms with E-state index in [1.54, 1.807) is 0 Å². The number of hydrogen-bond acceptors (Lipinski definition) is 6. The Balaban J connectivity index is 4.03. The van der Waals surface area contributed by atoms with Gasteiger partial charge in [-0.05, 0) is 70.6 Å². The third-order valence-corrected chi connectivity index (χ3v) is 14.7. The van der Waals surface area contributed by atoms with Gasteiger partial charge in [-0.3, -0.25) is 14.4 Å². The van der Waals surface area contributed by atoms with Gasteiger partial charge >= 0.3 is 17.9 Å². The third-order valence-electron chi connectivity index (χ3n) is 14.7. The number of esters is 3. The maximum Gasteiger partial charge on any atom is 0.306 e. The predicted molar refractivity (Wildman–Crippen MR) is 335 cm³/mol. The van der Waals surface area contributed by atoms with Crippen LogP contribution in [0.5, 0.6) is 0 Å². The van der Waals surface area contributed by atoms with Crippen molar-refractivity contribution >= 4 is 17.9 Å². The first-order valence-corrected chi connectivity index (χ1v) is 33.4. The lowest BCUT2D eigenvalue weighted by molar-refractivity contribution is -0.167. The molecule has 1 unspecified atom stereocenters. The highest BCUT2D eigenvalue weighted by molar-refractivity contribution is 5.71. The molecular weight excluding hydrogens is 949 g/mol. The van der Waals surface area contributed by atoms with Crippen LogP contribution in [-0.2, 0) is 28.6 Å². The van der Waals surface area contributed by atoms with Gasteiger partial charge in [-0.15, -0.1) is 0 Å². The zero-order valence-electron chi connectivity index (χ0n) is 51.2. The Hall–Kier alpha value is -3.15. The van der Waals surface area contributed by atoms with Gasteiger partial charge in [0.2, 0.25) is 0 Å². The van der Waals surface area contributed by atoms with Gasteiger partial charge in [-0.1, -0.05) is 325 Å². The summed E-state index contributed by atoms with van der Waals surface area (Å²) >= 11 is 0. The highest BCUT2D eigenvalue weighted by Gasteiger charge is 2.19. The van der Waals surface area contributed by atoms with E-state index >= 15 is 0 Å². The number of hydrogen-bond donors (Lipinski definition) is 0. The number of ether oxygens (including phenoxy) is 3. The molecule has 0 rings (SSSR count). The van der Waals surface area contributed by atoms with Crippen molar-refractivity contribution < 1.29 is 28.6 Å². The molecule has 0 spiro atoms. The smallest absolute Gasteiger partial charge is 0.306 e. The molecule has 0 bridgehead atoms. The fraction of sp³-hybridized carbons (Fsp3) is 0.789. The normalized spacial score (nSPS) is 12.5. The van der Waals surface area contributed by atoms with Crippen molar-refractivity contribution in [1.29, 1.82) is 0 Å². The molecule has 0 heterocycles. The lowest BCUT2D eigenvalue weighted by atomic mass is 10.0. The van der Waals surface area contributed by atoms with Crippen LogP contribution in [0.3, 0.4) is 0 Å². The van der Waals surface area contributed by atoms with E-state index < -0.39 is 6.10 Å². The number of carbonyl (C=O) groups is 3. The molecule has 0 aliphatic carbocycles. The van der Waals surface area contributed by atoms with Crippen LogP contribution in [0.25, 0.3) is 0 Å². The molecule has 446 valence electrons. The first-order valence-electron chi connectivity index (χ1n) is 33.4. The van der Waals surface area contributed by atoms with Crippen molar-refractivity contribution in [2.75, 3.05) is 13.2 Å². The van der Waals surface area contributed by atoms with Crippen LogP contribution >= 0.6 is 0 Å². The minimum atomic E-state index is -0.770. The van der Waals surface area contributed by atoms with Crippen LogP contribution in [0.4, 0.5) is 0 Å². The molecule has 0 aromatic heterocycles. The summed E-state index contributed by atoms with van der Waals surface area (Å²) in [5.41, 5.74) is 0. The highest BCUT2D eigenvalue weighted by atomic mass is 16.6. The Morgan fingerprint density at radius 2 is 0.506 bits per heavy atom. The predicted octanol–water partition coefficient (Wildman–Crippen LogP) is 22.9. The minimum absolute atomic E-state index is 0.0713. The molecule has 0 N–H and O–H groups in total. The van der Waals surface area contributed by atoms with E-state index in [2.05, 4.69) is 93.7 Å². The molecule has 1 atom stereocenters. The first kappa shape index (κ1) is 73.8. The molecule has 0 aromatic rings. The van der Waals surface area contributed by atoms with Crippen molar-refractivity contribution in [3.05, 3.63) is 72.9 Å². The molecule has 0 amide bonds. The summed E-state index contributed by atoms with van der Waals surface area (Å²) in [5.74, 6) is -0.865. The average Bonchev–Trinajstić information content (AvgIpc) is 3.43. The largest absolute Gasteiger partial charge is 0.462 e. The van der Waals surface area contributed by atoms with Crippen LogP contribution in [0, 0.1) is 0 Å². The van der Waals surface area contributed by atoms with E-state index in [1.165, 1.54) is 205 Å². The Kier molecular flexibility index (Phi) is 62.7. The summed E-state index contributed by atoms with van der Waals surface area (Å²) in [6, 6.07) is 0. The summed E-state index contributed by atoms with van der Waals surface area (Å²) in [6.45, 7) is 6.51. The van der Waals surface area contributed by atoms with Crippen molar-refractivity contribution in [2.24, 2.45) is 0 Å². The maximum atomic E-state index is 12.9. The molecule has 6 nitrogen and oxygen atoms in total. The number of unbranched alkanes of at least 4 members (excludes halogenated alkanes) is 38. The molecule has 0 saturated heterocycles. The second kappa shape index (κ2) is 65.4. The quantitative estimate of drug-likeness (QED) is 0.0261. The molecule has 0 radical (unpaired) electrons. The Morgan fingerprint density at radius 1 is 0.273 bits per heavy atom. The van der Waals surface area contributed by atoms with E-state index in [-0.39, 0.29) is 31.1 Å². The fourth-order valence-corrected chi connectivity index (χ4v) is 9.74. The average molecular weight is 1080 g/mol. The Labute approximate surface area is 478 Å². The summed E-state index contributed by atoms with van der Waals surface area (Å²) in [7, 11) is 0. The summed E-state index contributed by atoms with van der Waals surface area (Å²) < 4.78 is 16.8. The lowest BCUT2D eigenvalue weighted by Gasteiger charge is -2.18. The lowest BCUT2D eigenvalue weighted by Crippen LogP contribution is -2.30. The molecule has 0 aliphatic rings. The summed E-state index contributed by atoms with van der Waals surface area (Å²) in [6.07, 6.45) is 85.3. The van der Waals surface area contributed by atoms with Crippen molar-refractivity contribution in [1.82, 2.24) is 0 Å². The molecule has 77 heavy (non-hydrogen) atoms. The van der Waals surface area contributed by atoms with E-state index in [4.69, 9.17) is 14.2 Å². The third kappa shape index (κ3) is 63.6. The minimum Gasteiger partial charge on any atom is -0.462 e. The molecule has 0 saturated carbocycles. The summed E-state index contributed by atoms with van der Waals surface area (Å²) in [4.78, 5) is 38.1. The topological polar surface area (TPSA) is 78.9 Å². The molecule has 0 fully saturated rings. The number of allylic oxidation sites excluding steroid dienone is 12. The standard InChI is InChI=1S/C71H126O6/c1-4-7-10-13-16-18-20-22-24-26-28-30-32-33-34-35-36-37-38-39-40-42-43-45-47-49-51-53-55-58-61-64-70(73)76-67-68(66-75-69(72)63-60-57-15-12-9-6-3)77-71(74)65-62-59-56-54-52-50-48-46-44-41-31-29-27-25-23-21-19-17-14-11-8-5-2/h7,10,16,18,22,24,28,30,33-34,36-37,68H,4-6,8-9,11-15,17,19-21,23,25-27,29,31-32,35,38-67H2,1-3H3/b10-7-,18-16-,24-22-,30-28-,34-33-,37-36-. The fourth-order valence-electron chi connectivity index (χ4n) is 9.74. The zero-order valence-corrected chi connectivity index (χ0v) is 51.2. The zero-order chi connectivity index (χ0) is 55.7. The van der Waals surface area contributed by atoms with Gasteiger partial charge in [0.25, 0.3) is 0 Å². The molecular formula is C71H126O6. The molecule has 6 heteroatoms. The van der Waals surface area contributed by atoms with Crippen LogP contribution in [0.2, 0.25) is 0 Å². The van der Waals surface area contributed by atoms with E-state index in [1.807, 2.05) is 0 Å². The second-order valence-electron chi connectivity index (χ2n) is 22.4.